The van der Waals surface area contributed by atoms with Crippen LogP contribution < -0.4 is 5.32 Å². The standard InChI is InChI=1S/C28H22N2O4/c1-16-9-11-19(22(15-16)30(32)33)24-13-14-25(34-24)28-26-18-6-3-2-5-17(18)10-12-21(26)29-20-7-4-8-23(31)27(20)28/h2-3,5-6,9-15,28-29H,4,7-8H2,1H3. The van der Waals surface area contributed by atoms with Crippen molar-refractivity contribution >= 4 is 27.9 Å². The van der Waals surface area contributed by atoms with Crippen LogP contribution in [0.25, 0.3) is 22.1 Å². The molecular formula is C28H22N2O4. The van der Waals surface area contributed by atoms with E-state index in [-0.39, 0.29) is 22.3 Å². The van der Waals surface area contributed by atoms with Crippen molar-refractivity contribution in [3.8, 4) is 11.3 Å². The molecule has 1 aliphatic carbocycles. The van der Waals surface area contributed by atoms with Crippen LogP contribution in [-0.4, -0.2) is 10.7 Å². The molecule has 6 rings (SSSR count). The van der Waals surface area contributed by atoms with Crippen LogP contribution in [0, 0.1) is 17.0 Å². The van der Waals surface area contributed by atoms with Crippen molar-refractivity contribution < 1.29 is 14.1 Å². The molecule has 0 radical (unpaired) electrons. The van der Waals surface area contributed by atoms with Gasteiger partial charge in [0, 0.05) is 29.4 Å². The molecule has 1 atom stereocenters. The number of benzene rings is 3. The van der Waals surface area contributed by atoms with Gasteiger partial charge in [-0.3, -0.25) is 14.9 Å². The Morgan fingerprint density at radius 1 is 1.03 bits per heavy atom. The lowest BCUT2D eigenvalue weighted by Crippen LogP contribution is -2.26. The summed E-state index contributed by atoms with van der Waals surface area (Å²) in [5.74, 6) is 0.791. The SMILES string of the molecule is Cc1ccc(-c2ccc(C3C4=C(CCCC4=O)Nc4ccc5ccccc5c43)o2)c([N+](=O)[O-])c1. The quantitative estimate of drug-likeness (QED) is 0.272. The lowest BCUT2D eigenvalue weighted by molar-refractivity contribution is -0.384. The van der Waals surface area contributed by atoms with Crippen molar-refractivity contribution in [2.45, 2.75) is 32.1 Å². The number of nitro groups is 1. The monoisotopic (exact) mass is 450 g/mol. The zero-order valence-electron chi connectivity index (χ0n) is 18.6. The summed E-state index contributed by atoms with van der Waals surface area (Å²) in [7, 11) is 0. The minimum Gasteiger partial charge on any atom is -0.460 e. The molecule has 1 aliphatic heterocycles. The lowest BCUT2D eigenvalue weighted by atomic mass is 9.76. The summed E-state index contributed by atoms with van der Waals surface area (Å²) in [5, 5.41) is 17.4. The molecule has 0 spiro atoms. The highest BCUT2D eigenvalue weighted by Crippen LogP contribution is 2.49. The van der Waals surface area contributed by atoms with E-state index in [0.717, 1.165) is 51.7 Å². The van der Waals surface area contributed by atoms with Gasteiger partial charge in [0.25, 0.3) is 5.69 Å². The molecule has 0 amide bonds. The van der Waals surface area contributed by atoms with Crippen molar-refractivity contribution in [3.05, 3.63) is 105 Å². The Balaban J connectivity index is 1.57. The third kappa shape index (κ3) is 3.14. The molecular weight excluding hydrogens is 428 g/mol. The van der Waals surface area contributed by atoms with Crippen molar-refractivity contribution in [1.82, 2.24) is 0 Å². The van der Waals surface area contributed by atoms with Gasteiger partial charge in [-0.25, -0.2) is 0 Å². The Labute approximate surface area is 196 Å². The molecule has 0 fully saturated rings. The molecule has 2 aliphatic rings. The molecule has 0 saturated heterocycles. The van der Waals surface area contributed by atoms with Gasteiger partial charge in [-0.05, 0) is 65.9 Å². The summed E-state index contributed by atoms with van der Waals surface area (Å²) in [5.41, 5.74) is 4.91. The average Bonchev–Trinajstić information content (AvgIpc) is 3.32. The number of hydrogen-bond acceptors (Lipinski definition) is 5. The molecule has 0 bridgehead atoms. The molecule has 34 heavy (non-hydrogen) atoms. The molecule has 1 unspecified atom stereocenters. The van der Waals surface area contributed by atoms with E-state index >= 15 is 0 Å². The largest absolute Gasteiger partial charge is 0.460 e. The summed E-state index contributed by atoms with van der Waals surface area (Å²) < 4.78 is 6.32. The molecule has 0 saturated carbocycles. The fraction of sp³-hybridized carbons (Fsp3) is 0.179. The predicted molar refractivity (Wildman–Crippen MR) is 131 cm³/mol. The van der Waals surface area contributed by atoms with Gasteiger partial charge in [-0.1, -0.05) is 36.4 Å². The number of rotatable bonds is 3. The average molecular weight is 450 g/mol. The van der Waals surface area contributed by atoms with Gasteiger partial charge in [-0.15, -0.1) is 0 Å². The molecule has 3 aromatic carbocycles. The number of allylic oxidation sites excluding steroid dienone is 2. The van der Waals surface area contributed by atoms with Crippen molar-refractivity contribution in [2.75, 3.05) is 5.32 Å². The van der Waals surface area contributed by atoms with E-state index in [4.69, 9.17) is 4.42 Å². The van der Waals surface area contributed by atoms with E-state index in [1.807, 2.05) is 31.2 Å². The van der Waals surface area contributed by atoms with E-state index in [1.165, 1.54) is 0 Å². The first-order valence-corrected chi connectivity index (χ1v) is 11.4. The Morgan fingerprint density at radius 3 is 2.74 bits per heavy atom. The summed E-state index contributed by atoms with van der Waals surface area (Å²) in [6.45, 7) is 1.82. The predicted octanol–water partition coefficient (Wildman–Crippen LogP) is 6.88. The van der Waals surface area contributed by atoms with E-state index in [2.05, 4.69) is 29.6 Å². The Morgan fingerprint density at radius 2 is 1.88 bits per heavy atom. The maximum Gasteiger partial charge on any atom is 0.280 e. The minimum atomic E-state index is -0.386. The van der Waals surface area contributed by atoms with Gasteiger partial charge in [0.05, 0.1) is 16.4 Å². The third-order valence-electron chi connectivity index (χ3n) is 6.82. The Bertz CT molecular complexity index is 1530. The second kappa shape index (κ2) is 7.70. The maximum atomic E-state index is 13.2. The van der Waals surface area contributed by atoms with Crippen molar-refractivity contribution in [3.63, 3.8) is 0 Å². The van der Waals surface area contributed by atoms with Gasteiger partial charge < -0.3 is 9.73 Å². The second-order valence-corrected chi connectivity index (χ2v) is 8.95. The Kier molecular flexibility index (Phi) is 4.62. The molecule has 168 valence electrons. The normalized spacial score (nSPS) is 17.3. The number of nitrogens with zero attached hydrogens (tertiary/aromatic N) is 1. The fourth-order valence-electron chi connectivity index (χ4n) is 5.29. The van der Waals surface area contributed by atoms with Crippen molar-refractivity contribution in [2.24, 2.45) is 0 Å². The minimum absolute atomic E-state index is 0.00529. The smallest absolute Gasteiger partial charge is 0.280 e. The first kappa shape index (κ1) is 20.4. The van der Waals surface area contributed by atoms with Gasteiger partial charge in [0.15, 0.2) is 5.78 Å². The highest BCUT2D eigenvalue weighted by Gasteiger charge is 2.38. The third-order valence-corrected chi connectivity index (χ3v) is 6.82. The number of nitrogens with one attached hydrogen (secondary N) is 1. The van der Waals surface area contributed by atoms with E-state index < -0.39 is 0 Å². The highest BCUT2D eigenvalue weighted by atomic mass is 16.6. The molecule has 4 aromatic rings. The summed E-state index contributed by atoms with van der Waals surface area (Å²) >= 11 is 0. The van der Waals surface area contributed by atoms with Gasteiger partial charge in [0.2, 0.25) is 0 Å². The van der Waals surface area contributed by atoms with E-state index in [9.17, 15) is 14.9 Å². The Hall–Kier alpha value is -4.19. The first-order valence-electron chi connectivity index (χ1n) is 11.4. The zero-order chi connectivity index (χ0) is 23.4. The number of fused-ring (bicyclic) bond motifs is 3. The number of aryl methyl sites for hydroxylation is 1. The second-order valence-electron chi connectivity index (χ2n) is 8.95. The molecule has 6 nitrogen and oxygen atoms in total. The lowest BCUT2D eigenvalue weighted by Gasteiger charge is -2.33. The van der Waals surface area contributed by atoms with Crippen LogP contribution in [0.4, 0.5) is 11.4 Å². The van der Waals surface area contributed by atoms with Gasteiger partial charge >= 0.3 is 0 Å². The van der Waals surface area contributed by atoms with Crippen LogP contribution in [0.3, 0.4) is 0 Å². The summed E-state index contributed by atoms with van der Waals surface area (Å²) in [6.07, 6.45) is 2.13. The van der Waals surface area contributed by atoms with Crippen molar-refractivity contribution in [1.29, 1.82) is 0 Å². The number of ketones is 1. The number of hydrogen-bond donors (Lipinski definition) is 1. The van der Waals surface area contributed by atoms with E-state index in [1.54, 1.807) is 18.2 Å². The fourth-order valence-corrected chi connectivity index (χ4v) is 5.29. The highest BCUT2D eigenvalue weighted by molar-refractivity contribution is 6.03. The molecule has 1 N–H and O–H groups in total. The number of furan rings is 1. The van der Waals surface area contributed by atoms with Crippen LogP contribution in [0.1, 0.15) is 42.1 Å². The number of carbonyl (C=O) groups excluding carboxylic acids is 1. The number of Topliss-reactive ketones (excluding diaryl/α,β-unsaturated/α-hetero) is 1. The molecule has 6 heteroatoms. The van der Waals surface area contributed by atoms with Gasteiger partial charge in [0.1, 0.15) is 11.5 Å². The van der Waals surface area contributed by atoms with Crippen LogP contribution >= 0.6 is 0 Å². The molecule has 2 heterocycles. The van der Waals surface area contributed by atoms with Crippen LogP contribution in [0.15, 0.2) is 82.4 Å². The van der Waals surface area contributed by atoms with Crippen LogP contribution in [-0.2, 0) is 4.79 Å². The van der Waals surface area contributed by atoms with Crippen LogP contribution in [0.2, 0.25) is 0 Å². The topological polar surface area (TPSA) is 85.4 Å². The van der Waals surface area contributed by atoms with E-state index in [0.29, 0.717) is 23.5 Å². The molecule has 1 aromatic heterocycles. The number of carbonyl (C=O) groups is 1. The van der Waals surface area contributed by atoms with Gasteiger partial charge in [-0.2, -0.15) is 0 Å². The number of nitro benzene ring substituents is 1. The first-order chi connectivity index (χ1) is 16.5. The van der Waals surface area contributed by atoms with Crippen LogP contribution in [0.5, 0.6) is 0 Å². The summed E-state index contributed by atoms with van der Waals surface area (Å²) in [6, 6.07) is 21.0. The number of anilines is 1. The summed E-state index contributed by atoms with van der Waals surface area (Å²) in [4.78, 5) is 24.5. The zero-order valence-corrected chi connectivity index (χ0v) is 18.6. The maximum absolute atomic E-state index is 13.2.